The maximum atomic E-state index is 12.7. The van der Waals surface area contributed by atoms with E-state index in [9.17, 15) is 4.79 Å². The van der Waals surface area contributed by atoms with Crippen molar-refractivity contribution in [1.29, 1.82) is 0 Å². The number of anilines is 1. The number of hydrogen-bond donors (Lipinski definition) is 1. The monoisotopic (exact) mass is 476 g/mol. The molecule has 0 unspecified atom stereocenters. The Morgan fingerprint density at radius 2 is 1.97 bits per heavy atom. The van der Waals surface area contributed by atoms with E-state index in [0.717, 1.165) is 59.4 Å². The maximum absolute atomic E-state index is 12.7. The van der Waals surface area contributed by atoms with Crippen LogP contribution in [0, 0.1) is 24.5 Å². The van der Waals surface area contributed by atoms with Gasteiger partial charge in [-0.15, -0.1) is 0 Å². The molecule has 0 spiro atoms. The minimum atomic E-state index is -0.0216. The first-order valence-electron chi connectivity index (χ1n) is 11.5. The van der Waals surface area contributed by atoms with Gasteiger partial charge in [0.1, 0.15) is 11.6 Å². The number of pyridine rings is 2. The van der Waals surface area contributed by atoms with Gasteiger partial charge in [-0.2, -0.15) is 5.10 Å². The van der Waals surface area contributed by atoms with Crippen LogP contribution in [0.2, 0.25) is 0 Å². The van der Waals surface area contributed by atoms with Crippen LogP contribution < -0.4 is 10.1 Å². The van der Waals surface area contributed by atoms with Crippen molar-refractivity contribution in [3.8, 4) is 5.75 Å². The number of rotatable bonds is 5. The Morgan fingerprint density at radius 1 is 1.18 bits per heavy atom. The number of amides is 1. The van der Waals surface area contributed by atoms with E-state index in [1.165, 1.54) is 0 Å². The Kier molecular flexibility index (Phi) is 6.05. The SMILES string of the molecule is COc1ccc2c(C)cc3nn(CN4CCC(C(=O)Nc5cc(C)ccn5)CC4)c(=S)n3c2c1. The van der Waals surface area contributed by atoms with Crippen LogP contribution in [0.4, 0.5) is 5.82 Å². The normalized spacial score (nSPS) is 15.1. The number of benzene rings is 1. The molecule has 1 fully saturated rings. The summed E-state index contributed by atoms with van der Waals surface area (Å²) in [4.78, 5) is 19.2. The Balaban J connectivity index is 1.31. The van der Waals surface area contributed by atoms with Crippen LogP contribution >= 0.6 is 12.2 Å². The molecule has 4 heterocycles. The number of aryl methyl sites for hydroxylation is 2. The van der Waals surface area contributed by atoms with Crippen molar-refractivity contribution in [3.05, 3.63) is 58.5 Å². The van der Waals surface area contributed by atoms with E-state index >= 15 is 0 Å². The molecule has 1 amide bonds. The van der Waals surface area contributed by atoms with Crippen LogP contribution in [0.5, 0.6) is 5.75 Å². The Morgan fingerprint density at radius 3 is 2.71 bits per heavy atom. The number of ether oxygens (including phenoxy) is 1. The van der Waals surface area contributed by atoms with E-state index in [-0.39, 0.29) is 11.8 Å². The highest BCUT2D eigenvalue weighted by Gasteiger charge is 2.26. The summed E-state index contributed by atoms with van der Waals surface area (Å²) in [5, 5.41) is 8.88. The Labute approximate surface area is 203 Å². The van der Waals surface area contributed by atoms with Gasteiger partial charge in [0.15, 0.2) is 5.65 Å². The lowest BCUT2D eigenvalue weighted by Gasteiger charge is -2.30. The van der Waals surface area contributed by atoms with Gasteiger partial charge in [-0.25, -0.2) is 9.67 Å². The lowest BCUT2D eigenvalue weighted by atomic mass is 9.96. The molecule has 3 aromatic heterocycles. The van der Waals surface area contributed by atoms with Crippen LogP contribution in [0.1, 0.15) is 24.0 Å². The van der Waals surface area contributed by atoms with Crippen molar-refractivity contribution in [2.75, 3.05) is 25.5 Å². The van der Waals surface area contributed by atoms with Crippen LogP contribution in [0.15, 0.2) is 42.6 Å². The average molecular weight is 477 g/mol. The molecule has 0 radical (unpaired) electrons. The van der Waals surface area contributed by atoms with Gasteiger partial charge in [-0.1, -0.05) is 0 Å². The summed E-state index contributed by atoms with van der Waals surface area (Å²) in [5.74, 6) is 1.42. The third-order valence-corrected chi connectivity index (χ3v) is 6.93. The Bertz CT molecular complexity index is 1430. The lowest BCUT2D eigenvalue weighted by molar-refractivity contribution is -0.121. The van der Waals surface area contributed by atoms with E-state index in [2.05, 4.69) is 34.3 Å². The van der Waals surface area contributed by atoms with Crippen LogP contribution in [0.25, 0.3) is 16.6 Å². The molecule has 1 aliphatic heterocycles. The fraction of sp³-hybridized carbons (Fsp3) is 0.360. The standard InChI is InChI=1S/C25H28N6O2S/c1-16-6-9-26-22(12-16)27-24(32)18-7-10-29(11-8-18)15-30-25(34)31-21-14-19(33-3)4-5-20(21)17(2)13-23(31)28-30/h4-6,9,12-14,18H,7-8,10-11,15H2,1-3H3,(H,26,27,32). The van der Waals surface area contributed by atoms with Gasteiger partial charge in [0.25, 0.3) is 0 Å². The predicted octanol–water partition coefficient (Wildman–Crippen LogP) is 4.35. The number of nitrogens with zero attached hydrogens (tertiary/aromatic N) is 5. The maximum Gasteiger partial charge on any atom is 0.228 e. The summed E-state index contributed by atoms with van der Waals surface area (Å²) in [6.07, 6.45) is 3.29. The number of fused-ring (bicyclic) bond motifs is 3. The second-order valence-electron chi connectivity index (χ2n) is 8.93. The van der Waals surface area contributed by atoms with Crippen molar-refractivity contribution >= 4 is 40.5 Å². The summed E-state index contributed by atoms with van der Waals surface area (Å²) in [5.41, 5.74) is 4.03. The van der Waals surface area contributed by atoms with Crippen LogP contribution in [-0.4, -0.2) is 50.2 Å². The molecule has 5 rings (SSSR count). The molecule has 0 bridgehead atoms. The number of likely N-dealkylation sites (tertiary alicyclic amines) is 1. The molecule has 0 saturated carbocycles. The highest BCUT2D eigenvalue weighted by atomic mass is 32.1. The first-order chi connectivity index (χ1) is 16.4. The molecule has 34 heavy (non-hydrogen) atoms. The fourth-order valence-electron chi connectivity index (χ4n) is 4.62. The Hall–Kier alpha value is -3.30. The molecule has 1 N–H and O–H groups in total. The molecule has 1 aromatic carbocycles. The minimum absolute atomic E-state index is 0.0216. The van der Waals surface area contributed by atoms with Crippen molar-refractivity contribution in [3.63, 3.8) is 0 Å². The van der Waals surface area contributed by atoms with Crippen molar-refractivity contribution in [2.45, 2.75) is 33.4 Å². The first-order valence-corrected chi connectivity index (χ1v) is 11.9. The first kappa shape index (κ1) is 22.5. The number of carbonyl (C=O) groups is 1. The summed E-state index contributed by atoms with van der Waals surface area (Å²) >= 11 is 5.82. The van der Waals surface area contributed by atoms with Gasteiger partial charge in [0.05, 0.1) is 19.3 Å². The van der Waals surface area contributed by atoms with Gasteiger partial charge in [-0.05, 0) is 80.4 Å². The van der Waals surface area contributed by atoms with E-state index < -0.39 is 0 Å². The van der Waals surface area contributed by atoms with E-state index in [1.54, 1.807) is 13.3 Å². The fourth-order valence-corrected chi connectivity index (χ4v) is 4.91. The second kappa shape index (κ2) is 9.15. The third kappa shape index (κ3) is 4.28. The second-order valence-corrected chi connectivity index (χ2v) is 9.29. The number of carbonyl (C=O) groups excluding carboxylic acids is 1. The molecule has 1 aliphatic rings. The van der Waals surface area contributed by atoms with Crippen molar-refractivity contribution in [2.24, 2.45) is 5.92 Å². The highest BCUT2D eigenvalue weighted by molar-refractivity contribution is 7.71. The lowest BCUT2D eigenvalue weighted by Crippen LogP contribution is -2.39. The van der Waals surface area contributed by atoms with Gasteiger partial charge in [0.2, 0.25) is 10.7 Å². The predicted molar refractivity (Wildman–Crippen MR) is 135 cm³/mol. The summed E-state index contributed by atoms with van der Waals surface area (Å²) in [6, 6.07) is 11.9. The molecule has 4 aromatic rings. The number of piperidine rings is 1. The van der Waals surface area contributed by atoms with Gasteiger partial charge >= 0.3 is 0 Å². The summed E-state index contributed by atoms with van der Waals surface area (Å²) in [6.45, 7) is 6.28. The zero-order valence-electron chi connectivity index (χ0n) is 19.6. The van der Waals surface area contributed by atoms with Crippen LogP contribution in [-0.2, 0) is 11.5 Å². The number of hydrogen-bond acceptors (Lipinski definition) is 6. The minimum Gasteiger partial charge on any atom is -0.497 e. The van der Waals surface area contributed by atoms with E-state index in [0.29, 0.717) is 17.3 Å². The van der Waals surface area contributed by atoms with Crippen molar-refractivity contribution in [1.82, 2.24) is 24.1 Å². The van der Waals surface area contributed by atoms with E-state index in [1.807, 2.05) is 40.3 Å². The topological polar surface area (TPSA) is 76.7 Å². The molecule has 8 nitrogen and oxygen atoms in total. The molecule has 0 aliphatic carbocycles. The molecule has 9 heteroatoms. The largest absolute Gasteiger partial charge is 0.497 e. The smallest absolute Gasteiger partial charge is 0.228 e. The highest BCUT2D eigenvalue weighted by Crippen LogP contribution is 2.26. The van der Waals surface area contributed by atoms with Gasteiger partial charge < -0.3 is 10.1 Å². The van der Waals surface area contributed by atoms with Gasteiger partial charge in [0, 0.05) is 36.7 Å². The molecular formula is C25H28N6O2S. The number of nitrogens with one attached hydrogen (secondary N) is 1. The quantitative estimate of drug-likeness (QED) is 0.432. The zero-order chi connectivity index (χ0) is 23.8. The molecular weight excluding hydrogens is 448 g/mol. The van der Waals surface area contributed by atoms with Crippen molar-refractivity contribution < 1.29 is 9.53 Å². The van der Waals surface area contributed by atoms with Crippen LogP contribution in [0.3, 0.4) is 0 Å². The summed E-state index contributed by atoms with van der Waals surface area (Å²) < 4.78 is 9.97. The number of aromatic nitrogens is 4. The average Bonchev–Trinajstić information content (AvgIpc) is 3.14. The van der Waals surface area contributed by atoms with Gasteiger partial charge in [-0.3, -0.25) is 14.1 Å². The summed E-state index contributed by atoms with van der Waals surface area (Å²) in [7, 11) is 1.66. The zero-order valence-corrected chi connectivity index (χ0v) is 20.4. The molecule has 0 atom stereocenters. The molecule has 176 valence electrons. The third-order valence-electron chi connectivity index (χ3n) is 6.54. The molecule has 1 saturated heterocycles. The number of methoxy groups -OCH3 is 1. The van der Waals surface area contributed by atoms with E-state index in [4.69, 9.17) is 22.1 Å².